The number of nitro benzene ring substituents is 1. The maximum atomic E-state index is 14.0. The molecule has 0 aliphatic carbocycles. The third-order valence-electron chi connectivity index (χ3n) is 7.10. The first-order valence-corrected chi connectivity index (χ1v) is 14.4. The van der Waals surface area contributed by atoms with E-state index < -0.39 is 45.7 Å². The van der Waals surface area contributed by atoms with Crippen molar-refractivity contribution in [3.63, 3.8) is 0 Å². The SMILES string of the molecule is CC(=O)OCC1=C(C(=O)OC(c2ccccc2)c2ccccc2)N2C(=O)[C@@](N=Cc3ccc([N+](=O)[O-])cc3)(C(N)=O)[C@H]2SC1. The van der Waals surface area contributed by atoms with Gasteiger partial charge in [-0.3, -0.25) is 34.4 Å². The molecule has 2 atom stereocenters. The number of non-ortho nitro benzene ring substituents is 1. The largest absolute Gasteiger partial charge is 0.461 e. The Morgan fingerprint density at radius 2 is 1.66 bits per heavy atom. The van der Waals surface area contributed by atoms with Crippen molar-refractivity contribution in [1.82, 2.24) is 4.90 Å². The van der Waals surface area contributed by atoms with Gasteiger partial charge in [0.05, 0.1) is 4.92 Å². The van der Waals surface area contributed by atoms with Gasteiger partial charge in [-0.1, -0.05) is 60.7 Å². The fraction of sp³-hybridized carbons (Fsp3) is 0.194. The molecular weight excluding hydrogens is 588 g/mol. The highest BCUT2D eigenvalue weighted by atomic mass is 32.2. The number of benzene rings is 3. The van der Waals surface area contributed by atoms with Gasteiger partial charge in [0.25, 0.3) is 17.5 Å². The minimum absolute atomic E-state index is 0.107. The Hall–Kier alpha value is -5.30. The fourth-order valence-corrected chi connectivity index (χ4v) is 6.35. The maximum absolute atomic E-state index is 14.0. The van der Waals surface area contributed by atoms with E-state index in [1.807, 2.05) is 12.1 Å². The average Bonchev–Trinajstić information content (AvgIpc) is 3.03. The van der Waals surface area contributed by atoms with E-state index in [1.54, 1.807) is 48.5 Å². The average molecular weight is 615 g/mol. The molecule has 13 heteroatoms. The predicted molar refractivity (Wildman–Crippen MR) is 160 cm³/mol. The molecule has 2 aliphatic rings. The molecular formula is C31H26N4O8S. The maximum Gasteiger partial charge on any atom is 0.356 e. The second kappa shape index (κ2) is 12.5. The monoisotopic (exact) mass is 614 g/mol. The van der Waals surface area contributed by atoms with Crippen LogP contribution in [0.3, 0.4) is 0 Å². The number of thioether (sulfide) groups is 1. The third-order valence-corrected chi connectivity index (χ3v) is 8.48. The van der Waals surface area contributed by atoms with Gasteiger partial charge in [0.1, 0.15) is 17.7 Å². The van der Waals surface area contributed by atoms with Crippen molar-refractivity contribution < 1.29 is 33.6 Å². The molecule has 2 aliphatic heterocycles. The van der Waals surface area contributed by atoms with E-state index in [0.717, 1.165) is 16.7 Å². The van der Waals surface area contributed by atoms with E-state index in [4.69, 9.17) is 15.2 Å². The van der Waals surface area contributed by atoms with Crippen molar-refractivity contribution in [2.24, 2.45) is 10.7 Å². The number of nitrogens with zero attached hydrogens (tertiary/aromatic N) is 3. The molecule has 2 heterocycles. The molecule has 0 unspecified atom stereocenters. The normalized spacial score (nSPS) is 19.4. The molecule has 0 radical (unpaired) electrons. The van der Waals surface area contributed by atoms with Gasteiger partial charge < -0.3 is 15.2 Å². The zero-order valence-corrected chi connectivity index (χ0v) is 24.1. The molecule has 44 heavy (non-hydrogen) atoms. The van der Waals surface area contributed by atoms with Crippen molar-refractivity contribution in [3.05, 3.63) is 123 Å². The molecule has 1 saturated heterocycles. The highest BCUT2D eigenvalue weighted by Crippen LogP contribution is 2.49. The summed E-state index contributed by atoms with van der Waals surface area (Å²) in [5.41, 5.74) is 5.47. The van der Waals surface area contributed by atoms with Crippen molar-refractivity contribution in [2.75, 3.05) is 12.4 Å². The summed E-state index contributed by atoms with van der Waals surface area (Å²) >= 11 is 1.13. The number of aliphatic imine (C=N–C) groups is 1. The molecule has 0 bridgehead atoms. The Kier molecular flexibility index (Phi) is 8.58. The lowest BCUT2D eigenvalue weighted by molar-refractivity contribution is -0.384. The quantitative estimate of drug-likeness (QED) is 0.0898. The fourth-order valence-electron chi connectivity index (χ4n) is 4.91. The molecule has 3 aromatic rings. The predicted octanol–water partition coefficient (Wildman–Crippen LogP) is 3.30. The number of nitro groups is 1. The Morgan fingerprint density at radius 1 is 1.07 bits per heavy atom. The van der Waals surface area contributed by atoms with Crippen LogP contribution in [0.1, 0.15) is 29.7 Å². The Morgan fingerprint density at radius 3 is 2.18 bits per heavy atom. The van der Waals surface area contributed by atoms with Crippen LogP contribution >= 0.6 is 11.8 Å². The van der Waals surface area contributed by atoms with E-state index in [0.29, 0.717) is 22.3 Å². The van der Waals surface area contributed by atoms with Crippen molar-refractivity contribution in [3.8, 4) is 0 Å². The van der Waals surface area contributed by atoms with Gasteiger partial charge >= 0.3 is 11.9 Å². The number of hydrogen-bond donors (Lipinski definition) is 1. The molecule has 224 valence electrons. The minimum atomic E-state index is -2.05. The number of amides is 2. The van der Waals surface area contributed by atoms with Crippen molar-refractivity contribution in [1.29, 1.82) is 0 Å². The molecule has 2 N–H and O–H groups in total. The summed E-state index contributed by atoms with van der Waals surface area (Å²) in [5, 5.41) is 9.98. The van der Waals surface area contributed by atoms with Crippen LogP contribution in [0.4, 0.5) is 5.69 Å². The van der Waals surface area contributed by atoms with Crippen LogP contribution < -0.4 is 5.73 Å². The van der Waals surface area contributed by atoms with Crippen LogP contribution in [0.15, 0.2) is 101 Å². The highest BCUT2D eigenvalue weighted by Gasteiger charge is 2.68. The van der Waals surface area contributed by atoms with E-state index in [9.17, 15) is 29.3 Å². The van der Waals surface area contributed by atoms with Crippen LogP contribution in [0.2, 0.25) is 0 Å². The zero-order chi connectivity index (χ0) is 31.4. The van der Waals surface area contributed by atoms with Crippen LogP contribution in [0, 0.1) is 10.1 Å². The first-order valence-electron chi connectivity index (χ1n) is 13.3. The summed E-state index contributed by atoms with van der Waals surface area (Å²) in [6, 6.07) is 23.5. The summed E-state index contributed by atoms with van der Waals surface area (Å²) < 4.78 is 11.2. The number of carbonyl (C=O) groups is 4. The van der Waals surface area contributed by atoms with Crippen molar-refractivity contribution in [2.45, 2.75) is 23.9 Å². The molecule has 1 fully saturated rings. The highest BCUT2D eigenvalue weighted by molar-refractivity contribution is 8.00. The second-order valence-corrected chi connectivity index (χ2v) is 11.0. The van der Waals surface area contributed by atoms with Crippen LogP contribution in [0.25, 0.3) is 0 Å². The third kappa shape index (κ3) is 5.69. The number of β-lactam (4-membered cyclic amide) rings is 1. The summed E-state index contributed by atoms with van der Waals surface area (Å²) in [6.07, 6.45) is 0.402. The number of ether oxygens (including phenoxy) is 2. The molecule has 0 spiro atoms. The summed E-state index contributed by atoms with van der Waals surface area (Å²) in [6.45, 7) is 0.943. The topological polar surface area (TPSA) is 172 Å². The number of primary amides is 1. The lowest BCUT2D eigenvalue weighted by atomic mass is 9.86. The van der Waals surface area contributed by atoms with Crippen LogP contribution in [-0.2, 0) is 28.7 Å². The molecule has 0 saturated carbocycles. The molecule has 12 nitrogen and oxygen atoms in total. The standard InChI is InChI=1S/C31H26N4O8S/c1-19(36)42-17-23-18-44-30-31(28(32)38,33-16-20-12-14-24(15-13-20)35(40)41)29(39)34(30)25(23)27(37)43-26(21-8-4-2-5-9-21)22-10-6-3-7-11-22/h2-16,26,30H,17-18H2,1H3,(H2,32,38)/t30-,31+/m1/s1. The van der Waals surface area contributed by atoms with E-state index in [-0.39, 0.29) is 23.7 Å². The Bertz CT molecular complexity index is 1640. The molecule has 2 amide bonds. The second-order valence-electron chi connectivity index (χ2n) is 9.92. The van der Waals surface area contributed by atoms with Gasteiger partial charge in [-0.25, -0.2) is 4.79 Å². The lowest BCUT2D eigenvalue weighted by Crippen LogP contribution is -2.77. The molecule has 5 rings (SSSR count). The van der Waals surface area contributed by atoms with E-state index in [1.165, 1.54) is 37.4 Å². The number of hydrogen-bond acceptors (Lipinski definition) is 10. The smallest absolute Gasteiger partial charge is 0.356 e. The number of nitrogens with two attached hydrogens (primary N) is 1. The number of rotatable bonds is 10. The van der Waals surface area contributed by atoms with Crippen molar-refractivity contribution >= 4 is 47.4 Å². The zero-order valence-electron chi connectivity index (χ0n) is 23.3. The Labute approximate surface area is 255 Å². The van der Waals surface area contributed by atoms with Gasteiger partial charge in [-0.2, -0.15) is 0 Å². The number of esters is 2. The number of fused-ring (bicyclic) bond motifs is 1. The van der Waals surface area contributed by atoms with Gasteiger partial charge in [0, 0.05) is 36.6 Å². The van der Waals surface area contributed by atoms with Gasteiger partial charge in [-0.05, 0) is 28.8 Å². The summed E-state index contributed by atoms with van der Waals surface area (Å²) in [5.74, 6) is -3.23. The van der Waals surface area contributed by atoms with E-state index >= 15 is 0 Å². The summed E-state index contributed by atoms with van der Waals surface area (Å²) in [4.78, 5) is 68.0. The van der Waals surface area contributed by atoms with Crippen LogP contribution in [0.5, 0.6) is 0 Å². The van der Waals surface area contributed by atoms with Gasteiger partial charge in [0.15, 0.2) is 6.10 Å². The minimum Gasteiger partial charge on any atom is -0.461 e. The van der Waals surface area contributed by atoms with Gasteiger partial charge in [-0.15, -0.1) is 11.8 Å². The lowest BCUT2D eigenvalue weighted by Gasteiger charge is -2.53. The number of carbonyl (C=O) groups excluding carboxylic acids is 4. The molecule has 0 aromatic heterocycles. The summed E-state index contributed by atoms with van der Waals surface area (Å²) in [7, 11) is 0. The Balaban J connectivity index is 1.50. The first kappa shape index (κ1) is 30.2. The van der Waals surface area contributed by atoms with Crippen LogP contribution in [-0.4, -0.2) is 63.1 Å². The van der Waals surface area contributed by atoms with E-state index in [2.05, 4.69) is 4.99 Å². The first-order chi connectivity index (χ1) is 21.1. The molecule has 3 aromatic carbocycles. The van der Waals surface area contributed by atoms with Gasteiger partial charge in [0.2, 0.25) is 5.54 Å².